The van der Waals surface area contributed by atoms with Crippen LogP contribution in [0.3, 0.4) is 0 Å². The second-order valence-electron chi connectivity index (χ2n) is 5.08. The fourth-order valence-corrected chi connectivity index (χ4v) is 2.31. The molecule has 1 aliphatic rings. The van der Waals surface area contributed by atoms with Gasteiger partial charge in [-0.3, -0.25) is 9.59 Å². The zero-order valence-corrected chi connectivity index (χ0v) is 12.2. The number of ketones is 2. The van der Waals surface area contributed by atoms with Gasteiger partial charge in [-0.2, -0.15) is 0 Å². The van der Waals surface area contributed by atoms with E-state index < -0.39 is 23.6 Å². The predicted octanol–water partition coefficient (Wildman–Crippen LogP) is 2.00. The molecule has 1 unspecified atom stereocenters. The molecule has 0 aromatic heterocycles. The minimum atomic E-state index is -1.74. The average molecular weight is 330 g/mol. The first-order valence-electron chi connectivity index (χ1n) is 6.95. The van der Waals surface area contributed by atoms with Crippen molar-refractivity contribution in [3.8, 4) is 11.5 Å². The molecule has 0 fully saturated rings. The molecule has 0 amide bonds. The normalized spacial score (nSPS) is 15.5. The largest absolute Gasteiger partial charge is 0.488 e. The van der Waals surface area contributed by atoms with Gasteiger partial charge in [-0.1, -0.05) is 18.2 Å². The summed E-state index contributed by atoms with van der Waals surface area (Å²) in [6.07, 6.45) is -1.70. The molecule has 6 nitrogen and oxygen atoms in total. The molecule has 0 spiro atoms. The fourth-order valence-electron chi connectivity index (χ4n) is 2.31. The molecule has 0 aliphatic carbocycles. The van der Waals surface area contributed by atoms with E-state index in [9.17, 15) is 18.8 Å². The molecule has 1 atom stereocenters. The van der Waals surface area contributed by atoms with Crippen molar-refractivity contribution in [3.05, 3.63) is 59.4 Å². The Morgan fingerprint density at radius 1 is 1.17 bits per heavy atom. The monoisotopic (exact) mass is 330 g/mol. The Bertz CT molecular complexity index is 827. The molecule has 1 heterocycles. The van der Waals surface area contributed by atoms with Crippen LogP contribution in [0, 0.1) is 5.82 Å². The van der Waals surface area contributed by atoms with Crippen molar-refractivity contribution in [3.63, 3.8) is 0 Å². The first kappa shape index (κ1) is 15.7. The van der Waals surface area contributed by atoms with Gasteiger partial charge in [0.2, 0.25) is 11.9 Å². The highest BCUT2D eigenvalue weighted by Gasteiger charge is 2.42. The van der Waals surface area contributed by atoms with Crippen molar-refractivity contribution in [2.75, 3.05) is 0 Å². The number of ether oxygens (including phenoxy) is 2. The summed E-state index contributed by atoms with van der Waals surface area (Å²) in [5, 5.41) is 8.74. The Labute approximate surface area is 135 Å². The highest BCUT2D eigenvalue weighted by Crippen LogP contribution is 2.36. The van der Waals surface area contributed by atoms with Gasteiger partial charge in [-0.15, -0.1) is 0 Å². The van der Waals surface area contributed by atoms with E-state index in [0.29, 0.717) is 5.56 Å². The lowest BCUT2D eigenvalue weighted by Crippen LogP contribution is -2.36. The number of hydrogen-bond donors (Lipinski definition) is 1. The maximum Gasteiger partial charge on any atom is 0.376 e. The third-order valence-corrected chi connectivity index (χ3v) is 3.47. The quantitative estimate of drug-likeness (QED) is 0.666. The molecule has 0 saturated heterocycles. The predicted molar refractivity (Wildman–Crippen MR) is 78.6 cm³/mol. The van der Waals surface area contributed by atoms with Crippen molar-refractivity contribution >= 4 is 17.5 Å². The first-order chi connectivity index (χ1) is 11.5. The molecule has 0 saturated carbocycles. The number of benzene rings is 2. The zero-order chi connectivity index (χ0) is 17.3. The Morgan fingerprint density at radius 2 is 1.88 bits per heavy atom. The Morgan fingerprint density at radius 3 is 2.54 bits per heavy atom. The molecule has 1 N–H and O–H groups in total. The van der Waals surface area contributed by atoms with Crippen molar-refractivity contribution in [1.82, 2.24) is 0 Å². The Hall–Kier alpha value is -3.22. The summed E-state index contributed by atoms with van der Waals surface area (Å²) in [6.45, 7) is 0.0710. The molecule has 2 aromatic carbocycles. The third-order valence-electron chi connectivity index (χ3n) is 3.47. The maximum atomic E-state index is 12.9. The number of Topliss-reactive ketones (excluding diaryl/α,β-unsaturated/α-hetero) is 2. The van der Waals surface area contributed by atoms with Crippen LogP contribution < -0.4 is 9.47 Å². The standard InChI is InChI=1S/C17H11FO6/c18-10-6-4-9(5-7-10)8-23-11-2-1-3-12-13(11)14(19)16(24-12)15(20)17(21)22/h1-7,16H,8H2,(H,21,22). The minimum Gasteiger partial charge on any atom is -0.488 e. The van der Waals surface area contributed by atoms with Crippen molar-refractivity contribution < 1.29 is 33.4 Å². The van der Waals surface area contributed by atoms with Crippen molar-refractivity contribution in [1.29, 1.82) is 0 Å². The van der Waals surface area contributed by atoms with E-state index in [1.165, 1.54) is 36.4 Å². The lowest BCUT2D eigenvalue weighted by molar-refractivity contribution is -0.151. The summed E-state index contributed by atoms with van der Waals surface area (Å²) < 4.78 is 23.6. The summed E-state index contributed by atoms with van der Waals surface area (Å²) in [7, 11) is 0. The molecule has 122 valence electrons. The van der Waals surface area contributed by atoms with Gasteiger partial charge in [-0.05, 0) is 29.8 Å². The first-order valence-corrected chi connectivity index (χ1v) is 6.95. The van der Waals surface area contributed by atoms with Gasteiger partial charge in [-0.25, -0.2) is 9.18 Å². The van der Waals surface area contributed by atoms with Gasteiger partial charge in [0, 0.05) is 0 Å². The van der Waals surface area contributed by atoms with Crippen LogP contribution in [0.15, 0.2) is 42.5 Å². The van der Waals surface area contributed by atoms with Gasteiger partial charge in [0.15, 0.2) is 0 Å². The minimum absolute atomic E-state index is 0.0270. The van der Waals surface area contributed by atoms with Crippen LogP contribution >= 0.6 is 0 Å². The number of halogens is 1. The van der Waals surface area contributed by atoms with E-state index >= 15 is 0 Å². The van der Waals surface area contributed by atoms with Crippen LogP contribution in [0.1, 0.15) is 15.9 Å². The molecule has 3 rings (SSSR count). The number of hydrogen-bond acceptors (Lipinski definition) is 5. The smallest absolute Gasteiger partial charge is 0.376 e. The SMILES string of the molecule is O=C(O)C(=O)C1Oc2cccc(OCc3ccc(F)cc3)c2C1=O. The highest BCUT2D eigenvalue weighted by molar-refractivity contribution is 6.41. The summed E-state index contributed by atoms with van der Waals surface area (Å²) >= 11 is 0. The molecule has 7 heteroatoms. The van der Waals surface area contributed by atoms with E-state index in [-0.39, 0.29) is 29.5 Å². The molecule has 2 aromatic rings. The topological polar surface area (TPSA) is 89.9 Å². The number of fused-ring (bicyclic) bond motifs is 1. The summed E-state index contributed by atoms with van der Waals surface area (Å²) in [4.78, 5) is 34.6. The highest BCUT2D eigenvalue weighted by atomic mass is 19.1. The second-order valence-corrected chi connectivity index (χ2v) is 5.08. The van der Waals surface area contributed by atoms with E-state index in [1.54, 1.807) is 6.07 Å². The zero-order valence-electron chi connectivity index (χ0n) is 12.2. The Balaban J connectivity index is 1.82. The molecule has 0 radical (unpaired) electrons. The fraction of sp³-hybridized carbons (Fsp3) is 0.118. The molecular weight excluding hydrogens is 319 g/mol. The molecule has 24 heavy (non-hydrogen) atoms. The van der Waals surface area contributed by atoms with E-state index in [0.717, 1.165) is 0 Å². The summed E-state index contributed by atoms with van der Waals surface area (Å²) in [6, 6.07) is 10.2. The molecule has 1 aliphatic heterocycles. The number of carboxylic acids is 1. The van der Waals surface area contributed by atoms with Crippen molar-refractivity contribution in [2.45, 2.75) is 12.7 Å². The average Bonchev–Trinajstić information content (AvgIpc) is 2.91. The van der Waals surface area contributed by atoms with Gasteiger partial charge in [0.05, 0.1) is 0 Å². The number of carboxylic acid groups (broad SMARTS) is 1. The van der Waals surface area contributed by atoms with Crippen LogP contribution in [-0.2, 0) is 16.2 Å². The summed E-state index contributed by atoms with van der Waals surface area (Å²) in [5.74, 6) is -3.94. The van der Waals surface area contributed by atoms with E-state index in [2.05, 4.69) is 0 Å². The van der Waals surface area contributed by atoms with Crippen LogP contribution in [0.5, 0.6) is 11.5 Å². The van der Waals surface area contributed by atoms with Gasteiger partial charge < -0.3 is 14.6 Å². The Kier molecular flexibility index (Phi) is 3.99. The molecular formula is C17H11FO6. The second kappa shape index (κ2) is 6.11. The maximum absolute atomic E-state index is 12.9. The van der Waals surface area contributed by atoms with Crippen molar-refractivity contribution in [2.24, 2.45) is 0 Å². The number of aliphatic carboxylic acids is 1. The number of carbonyl (C=O) groups is 3. The van der Waals surface area contributed by atoms with Gasteiger partial charge in [0.1, 0.15) is 29.5 Å². The van der Waals surface area contributed by atoms with Gasteiger partial charge in [0.25, 0.3) is 5.78 Å². The van der Waals surface area contributed by atoms with Crippen LogP contribution in [-0.4, -0.2) is 28.7 Å². The third kappa shape index (κ3) is 2.83. The lowest BCUT2D eigenvalue weighted by Gasteiger charge is -2.08. The van der Waals surface area contributed by atoms with Crippen LogP contribution in [0.2, 0.25) is 0 Å². The molecule has 0 bridgehead atoms. The van der Waals surface area contributed by atoms with E-state index in [4.69, 9.17) is 14.6 Å². The van der Waals surface area contributed by atoms with Gasteiger partial charge >= 0.3 is 5.97 Å². The van der Waals surface area contributed by atoms with Crippen LogP contribution in [0.4, 0.5) is 4.39 Å². The lowest BCUT2D eigenvalue weighted by atomic mass is 10.0. The number of rotatable bonds is 5. The van der Waals surface area contributed by atoms with Crippen LogP contribution in [0.25, 0.3) is 0 Å². The summed E-state index contributed by atoms with van der Waals surface area (Å²) in [5.41, 5.74) is 0.706. The number of carbonyl (C=O) groups excluding carboxylic acids is 2. The van der Waals surface area contributed by atoms with E-state index in [1.807, 2.05) is 0 Å².